The van der Waals surface area contributed by atoms with Crippen LogP contribution in [0.3, 0.4) is 0 Å². The van der Waals surface area contributed by atoms with Gasteiger partial charge in [0.1, 0.15) is 6.61 Å². The molecule has 2 aromatic carbocycles. The van der Waals surface area contributed by atoms with Crippen LogP contribution >= 0.6 is 0 Å². The summed E-state index contributed by atoms with van der Waals surface area (Å²) in [4.78, 5) is 11.4. The monoisotopic (exact) mass is 274 g/mol. The van der Waals surface area contributed by atoms with Crippen molar-refractivity contribution in [3.8, 4) is 5.75 Å². The Morgan fingerprint density at radius 1 is 1.15 bits per heavy atom. The quantitative estimate of drug-likeness (QED) is 0.800. The molecule has 0 aliphatic carbocycles. The number of hydrogen-bond acceptors (Lipinski definition) is 3. The average molecular weight is 274 g/mol. The van der Waals surface area contributed by atoms with Crippen LogP contribution < -0.4 is 4.74 Å². The zero-order valence-corrected chi connectivity index (χ0v) is 11.4. The molecule has 3 nitrogen and oxygen atoms in total. The van der Waals surface area contributed by atoms with Gasteiger partial charge < -0.3 is 9.47 Å². The van der Waals surface area contributed by atoms with E-state index in [9.17, 15) is 9.18 Å². The minimum absolute atomic E-state index is 0.124. The van der Waals surface area contributed by atoms with Gasteiger partial charge in [0, 0.05) is 5.56 Å². The predicted molar refractivity (Wildman–Crippen MR) is 73.3 cm³/mol. The summed E-state index contributed by atoms with van der Waals surface area (Å²) in [7, 11) is 1.26. The van der Waals surface area contributed by atoms with Crippen LogP contribution in [0.15, 0.2) is 42.5 Å². The molecule has 0 fully saturated rings. The molecule has 0 saturated heterocycles. The number of ether oxygens (including phenoxy) is 2. The van der Waals surface area contributed by atoms with E-state index in [0.29, 0.717) is 0 Å². The van der Waals surface area contributed by atoms with Gasteiger partial charge in [0.15, 0.2) is 11.6 Å². The van der Waals surface area contributed by atoms with Gasteiger partial charge in [-0.1, -0.05) is 30.3 Å². The fourth-order valence-electron chi connectivity index (χ4n) is 1.84. The second kappa shape index (κ2) is 6.19. The van der Waals surface area contributed by atoms with E-state index in [1.807, 2.05) is 30.3 Å². The fraction of sp³-hybridized carbons (Fsp3) is 0.188. The van der Waals surface area contributed by atoms with Crippen LogP contribution in [0.2, 0.25) is 0 Å². The summed E-state index contributed by atoms with van der Waals surface area (Å²) in [5.74, 6) is -0.973. The molecule has 0 bridgehead atoms. The molecule has 0 heterocycles. The number of hydrogen-bond donors (Lipinski definition) is 0. The Hall–Kier alpha value is -2.36. The summed E-state index contributed by atoms with van der Waals surface area (Å²) in [6.07, 6.45) is 0. The second-order valence-corrected chi connectivity index (χ2v) is 4.32. The van der Waals surface area contributed by atoms with Crippen LogP contribution in [0.5, 0.6) is 5.75 Å². The highest BCUT2D eigenvalue weighted by molar-refractivity contribution is 5.91. The molecule has 0 N–H and O–H groups in total. The lowest BCUT2D eigenvalue weighted by atomic mass is 10.1. The molecule has 104 valence electrons. The summed E-state index contributed by atoms with van der Waals surface area (Å²) in [5.41, 5.74) is 1.38. The normalized spacial score (nSPS) is 10.2. The smallest absolute Gasteiger partial charge is 0.338 e. The predicted octanol–water partition coefficient (Wildman–Crippen LogP) is 3.50. The van der Waals surface area contributed by atoms with Gasteiger partial charge in [-0.25, -0.2) is 9.18 Å². The number of carbonyl (C=O) groups excluding carboxylic acids is 1. The van der Waals surface area contributed by atoms with E-state index in [2.05, 4.69) is 4.74 Å². The van der Waals surface area contributed by atoms with E-state index < -0.39 is 11.8 Å². The maximum Gasteiger partial charge on any atom is 0.338 e. The van der Waals surface area contributed by atoms with Crippen LogP contribution in [0, 0.1) is 12.7 Å². The molecule has 0 saturated carbocycles. The molecule has 0 aliphatic heterocycles. The fourth-order valence-corrected chi connectivity index (χ4v) is 1.84. The van der Waals surface area contributed by atoms with E-state index in [-0.39, 0.29) is 23.5 Å². The van der Waals surface area contributed by atoms with E-state index in [0.717, 1.165) is 5.56 Å². The molecule has 0 unspecified atom stereocenters. The van der Waals surface area contributed by atoms with Crippen LogP contribution in [-0.2, 0) is 11.3 Å². The number of benzene rings is 2. The number of esters is 1. The summed E-state index contributed by atoms with van der Waals surface area (Å²) in [6, 6.07) is 12.4. The van der Waals surface area contributed by atoms with Gasteiger partial charge in [-0.15, -0.1) is 0 Å². The summed E-state index contributed by atoms with van der Waals surface area (Å²) < 4.78 is 24.2. The van der Waals surface area contributed by atoms with Gasteiger partial charge in [-0.05, 0) is 24.6 Å². The van der Waals surface area contributed by atoms with Gasteiger partial charge in [0.2, 0.25) is 0 Å². The Morgan fingerprint density at radius 2 is 1.85 bits per heavy atom. The van der Waals surface area contributed by atoms with Crippen molar-refractivity contribution < 1.29 is 18.7 Å². The van der Waals surface area contributed by atoms with E-state index in [1.54, 1.807) is 0 Å². The minimum Gasteiger partial charge on any atom is -0.486 e. The van der Waals surface area contributed by atoms with Crippen LogP contribution in [0.4, 0.5) is 4.39 Å². The number of rotatable bonds is 4. The third kappa shape index (κ3) is 2.96. The molecular weight excluding hydrogens is 259 g/mol. The Kier molecular flexibility index (Phi) is 4.35. The number of methoxy groups -OCH3 is 1. The minimum atomic E-state index is -0.559. The maximum absolute atomic E-state index is 14.1. The average Bonchev–Trinajstić information content (AvgIpc) is 2.49. The Labute approximate surface area is 117 Å². The van der Waals surface area contributed by atoms with E-state index >= 15 is 0 Å². The van der Waals surface area contributed by atoms with Gasteiger partial charge in [0.25, 0.3) is 0 Å². The Bertz CT molecular complexity index is 609. The van der Waals surface area contributed by atoms with Crippen molar-refractivity contribution in [3.05, 3.63) is 65.0 Å². The topological polar surface area (TPSA) is 35.5 Å². The molecule has 0 aliphatic rings. The first kappa shape index (κ1) is 14.1. The van der Waals surface area contributed by atoms with Crippen LogP contribution in [0.1, 0.15) is 21.5 Å². The lowest BCUT2D eigenvalue weighted by Crippen LogP contribution is -2.07. The van der Waals surface area contributed by atoms with Crippen molar-refractivity contribution in [2.24, 2.45) is 0 Å². The van der Waals surface area contributed by atoms with Gasteiger partial charge >= 0.3 is 5.97 Å². The highest BCUT2D eigenvalue weighted by Gasteiger charge is 2.16. The number of carbonyl (C=O) groups is 1. The highest BCUT2D eigenvalue weighted by atomic mass is 19.1. The van der Waals surface area contributed by atoms with Crippen molar-refractivity contribution >= 4 is 5.97 Å². The number of halogens is 1. The summed E-state index contributed by atoms with van der Waals surface area (Å²) >= 11 is 0. The standard InChI is InChI=1S/C16H15FO3/c1-11-13(16(18)19-2)8-9-14(15(11)17)20-10-12-6-4-3-5-7-12/h3-9H,10H2,1-2H3. The van der Waals surface area contributed by atoms with Gasteiger partial charge in [0.05, 0.1) is 12.7 Å². The zero-order valence-electron chi connectivity index (χ0n) is 11.4. The lowest BCUT2D eigenvalue weighted by molar-refractivity contribution is 0.0599. The first-order valence-electron chi connectivity index (χ1n) is 6.17. The highest BCUT2D eigenvalue weighted by Crippen LogP contribution is 2.24. The molecule has 0 spiro atoms. The lowest BCUT2D eigenvalue weighted by Gasteiger charge is -2.11. The summed E-state index contributed by atoms with van der Waals surface area (Å²) in [5, 5.41) is 0. The molecule has 20 heavy (non-hydrogen) atoms. The first-order chi connectivity index (χ1) is 9.63. The molecule has 4 heteroatoms. The largest absolute Gasteiger partial charge is 0.486 e. The Morgan fingerprint density at radius 3 is 2.50 bits per heavy atom. The van der Waals surface area contributed by atoms with Crippen molar-refractivity contribution in [2.45, 2.75) is 13.5 Å². The molecular formula is C16H15FO3. The van der Waals surface area contributed by atoms with Crippen LogP contribution in [0.25, 0.3) is 0 Å². The van der Waals surface area contributed by atoms with Crippen molar-refractivity contribution in [3.63, 3.8) is 0 Å². The van der Waals surface area contributed by atoms with Gasteiger partial charge in [-0.2, -0.15) is 0 Å². The van der Waals surface area contributed by atoms with Crippen molar-refractivity contribution in [1.29, 1.82) is 0 Å². The molecule has 0 amide bonds. The van der Waals surface area contributed by atoms with Crippen molar-refractivity contribution in [2.75, 3.05) is 7.11 Å². The first-order valence-corrected chi connectivity index (χ1v) is 6.17. The second-order valence-electron chi connectivity index (χ2n) is 4.32. The Balaban J connectivity index is 2.18. The summed E-state index contributed by atoms with van der Waals surface area (Å²) in [6.45, 7) is 1.80. The third-order valence-corrected chi connectivity index (χ3v) is 2.99. The SMILES string of the molecule is COC(=O)c1ccc(OCc2ccccc2)c(F)c1C. The van der Waals surface area contributed by atoms with Crippen LogP contribution in [-0.4, -0.2) is 13.1 Å². The molecule has 0 radical (unpaired) electrons. The van der Waals surface area contributed by atoms with E-state index in [1.165, 1.54) is 26.2 Å². The van der Waals surface area contributed by atoms with E-state index in [4.69, 9.17) is 4.74 Å². The molecule has 0 aromatic heterocycles. The maximum atomic E-state index is 14.1. The zero-order chi connectivity index (χ0) is 14.5. The molecule has 2 rings (SSSR count). The molecule has 0 atom stereocenters. The van der Waals surface area contributed by atoms with Gasteiger partial charge in [-0.3, -0.25) is 0 Å². The third-order valence-electron chi connectivity index (χ3n) is 2.99. The molecule has 2 aromatic rings. The van der Waals surface area contributed by atoms with Crippen molar-refractivity contribution in [1.82, 2.24) is 0 Å².